The predicted octanol–water partition coefficient (Wildman–Crippen LogP) is 1.87. The number of aromatic nitrogens is 2. The van der Waals surface area contributed by atoms with Crippen molar-refractivity contribution in [3.05, 3.63) is 40.9 Å². The number of anilines is 1. The molecule has 1 fully saturated rings. The van der Waals surface area contributed by atoms with Crippen molar-refractivity contribution < 1.29 is 14.0 Å². The minimum absolute atomic E-state index is 0.00344. The van der Waals surface area contributed by atoms with E-state index in [0.717, 1.165) is 11.7 Å². The molecule has 1 N–H and O–H groups in total. The summed E-state index contributed by atoms with van der Waals surface area (Å²) in [5.74, 6) is -1.33. The minimum atomic E-state index is -0.659. The van der Waals surface area contributed by atoms with Gasteiger partial charge in [0.05, 0.1) is 22.9 Å². The Hall–Kier alpha value is -2.06. The number of rotatable bonds is 3. The lowest BCUT2D eigenvalue weighted by molar-refractivity contribution is -0.118. The first-order valence-electron chi connectivity index (χ1n) is 6.41. The minimum Gasteiger partial charge on any atom is -0.339 e. The average molecular weight is 341 g/mol. The van der Waals surface area contributed by atoms with Crippen LogP contribution in [0.5, 0.6) is 0 Å². The first-order chi connectivity index (χ1) is 10.6. The lowest BCUT2D eigenvalue weighted by Crippen LogP contribution is -2.41. The van der Waals surface area contributed by atoms with Crippen LogP contribution in [0, 0.1) is 5.82 Å². The van der Waals surface area contributed by atoms with Crippen molar-refractivity contribution in [1.29, 1.82) is 0 Å². The quantitative estimate of drug-likeness (QED) is 0.925. The Morgan fingerprint density at radius 2 is 2.32 bits per heavy atom. The van der Waals surface area contributed by atoms with Crippen molar-refractivity contribution in [2.75, 3.05) is 11.4 Å². The van der Waals surface area contributed by atoms with Crippen LogP contribution in [0.1, 0.15) is 16.9 Å². The molecule has 1 aromatic carbocycles. The number of hydrogen-bond donors (Lipinski definition) is 1. The SMILES string of the molecule is O=C(N[C@H]1CCN(c2ccc(Cl)c(F)c2)C1=O)c1cnsn1. The summed E-state index contributed by atoms with van der Waals surface area (Å²) >= 11 is 6.55. The van der Waals surface area contributed by atoms with Gasteiger partial charge in [-0.25, -0.2) is 4.39 Å². The van der Waals surface area contributed by atoms with Gasteiger partial charge in [0.1, 0.15) is 11.9 Å². The fourth-order valence-corrected chi connectivity index (χ4v) is 2.75. The fourth-order valence-electron chi connectivity index (χ4n) is 2.22. The molecule has 1 aromatic heterocycles. The molecule has 0 aliphatic carbocycles. The van der Waals surface area contributed by atoms with Gasteiger partial charge in [0, 0.05) is 12.2 Å². The Kier molecular flexibility index (Phi) is 4.04. The van der Waals surface area contributed by atoms with Crippen LogP contribution in [-0.4, -0.2) is 33.1 Å². The van der Waals surface area contributed by atoms with Gasteiger partial charge in [-0.2, -0.15) is 8.75 Å². The maximum absolute atomic E-state index is 13.5. The topological polar surface area (TPSA) is 75.2 Å². The van der Waals surface area contributed by atoms with Gasteiger partial charge in [0.15, 0.2) is 5.69 Å². The molecule has 0 spiro atoms. The maximum atomic E-state index is 13.5. The highest BCUT2D eigenvalue weighted by Crippen LogP contribution is 2.25. The largest absolute Gasteiger partial charge is 0.339 e. The summed E-state index contributed by atoms with van der Waals surface area (Å²) in [5, 5.41) is 2.61. The summed E-state index contributed by atoms with van der Waals surface area (Å²) < 4.78 is 21.0. The van der Waals surface area contributed by atoms with Crippen LogP contribution in [-0.2, 0) is 4.79 Å². The standard InChI is InChI=1S/C13H10ClFN4O2S/c14-8-2-1-7(5-9(8)15)19-4-3-10(13(19)21)17-12(20)11-6-16-22-18-11/h1-2,5-6,10H,3-4H2,(H,17,20)/t10-/m0/s1. The monoisotopic (exact) mass is 340 g/mol. The maximum Gasteiger partial charge on any atom is 0.273 e. The normalized spacial score (nSPS) is 17.8. The van der Waals surface area contributed by atoms with E-state index in [4.69, 9.17) is 11.6 Å². The molecule has 1 aliphatic rings. The molecule has 0 saturated carbocycles. The second-order valence-electron chi connectivity index (χ2n) is 4.70. The van der Waals surface area contributed by atoms with E-state index in [1.54, 1.807) is 6.07 Å². The van der Waals surface area contributed by atoms with Crippen molar-refractivity contribution in [3.63, 3.8) is 0 Å². The summed E-state index contributed by atoms with van der Waals surface area (Å²) in [4.78, 5) is 25.6. The Morgan fingerprint density at radius 1 is 1.50 bits per heavy atom. The third kappa shape index (κ3) is 2.79. The first kappa shape index (κ1) is 14.9. The van der Waals surface area contributed by atoms with Crippen molar-refractivity contribution >= 4 is 40.8 Å². The van der Waals surface area contributed by atoms with E-state index in [0.29, 0.717) is 18.7 Å². The number of carbonyl (C=O) groups is 2. The summed E-state index contributed by atoms with van der Waals surface area (Å²) in [7, 11) is 0. The van der Waals surface area contributed by atoms with E-state index in [9.17, 15) is 14.0 Å². The predicted molar refractivity (Wildman–Crippen MR) is 79.5 cm³/mol. The summed E-state index contributed by atoms with van der Waals surface area (Å²) in [6.07, 6.45) is 1.78. The molecule has 114 valence electrons. The van der Waals surface area contributed by atoms with Gasteiger partial charge < -0.3 is 10.2 Å². The van der Waals surface area contributed by atoms with E-state index in [2.05, 4.69) is 14.1 Å². The zero-order chi connectivity index (χ0) is 15.7. The highest BCUT2D eigenvalue weighted by Gasteiger charge is 2.34. The van der Waals surface area contributed by atoms with Crippen LogP contribution in [0.25, 0.3) is 0 Å². The van der Waals surface area contributed by atoms with E-state index < -0.39 is 17.8 Å². The Labute approximate surface area is 134 Å². The van der Waals surface area contributed by atoms with Gasteiger partial charge in [-0.1, -0.05) is 11.6 Å². The molecule has 3 rings (SSSR count). The fraction of sp³-hybridized carbons (Fsp3) is 0.231. The highest BCUT2D eigenvalue weighted by atomic mass is 35.5. The van der Waals surface area contributed by atoms with Crippen LogP contribution in [0.2, 0.25) is 5.02 Å². The van der Waals surface area contributed by atoms with Gasteiger partial charge in [-0.15, -0.1) is 0 Å². The molecule has 1 aliphatic heterocycles. The zero-order valence-corrected chi connectivity index (χ0v) is 12.7. The van der Waals surface area contributed by atoms with E-state index >= 15 is 0 Å². The first-order valence-corrected chi connectivity index (χ1v) is 7.52. The number of amides is 2. The van der Waals surface area contributed by atoms with Crippen LogP contribution >= 0.6 is 23.3 Å². The number of nitrogens with one attached hydrogen (secondary N) is 1. The molecule has 1 atom stereocenters. The smallest absolute Gasteiger partial charge is 0.273 e. The van der Waals surface area contributed by atoms with Gasteiger partial charge in [0.2, 0.25) is 5.91 Å². The third-order valence-corrected chi connectivity index (χ3v) is 4.10. The van der Waals surface area contributed by atoms with Gasteiger partial charge in [-0.3, -0.25) is 9.59 Å². The number of hydrogen-bond acceptors (Lipinski definition) is 5. The number of nitrogens with zero attached hydrogens (tertiary/aromatic N) is 3. The van der Waals surface area contributed by atoms with E-state index in [-0.39, 0.29) is 16.6 Å². The van der Waals surface area contributed by atoms with Crippen molar-refractivity contribution in [2.24, 2.45) is 0 Å². The van der Waals surface area contributed by atoms with Crippen LogP contribution in [0.15, 0.2) is 24.4 Å². The second-order valence-corrected chi connectivity index (χ2v) is 5.66. The highest BCUT2D eigenvalue weighted by molar-refractivity contribution is 6.99. The molecular weight excluding hydrogens is 331 g/mol. The lowest BCUT2D eigenvalue weighted by Gasteiger charge is -2.17. The second kappa shape index (κ2) is 5.98. The van der Waals surface area contributed by atoms with Crippen molar-refractivity contribution in [3.8, 4) is 0 Å². The number of carbonyl (C=O) groups excluding carboxylic acids is 2. The van der Waals surface area contributed by atoms with Gasteiger partial charge in [-0.05, 0) is 24.6 Å². The van der Waals surface area contributed by atoms with Crippen molar-refractivity contribution in [1.82, 2.24) is 14.1 Å². The summed E-state index contributed by atoms with van der Waals surface area (Å²) in [6, 6.07) is 3.51. The van der Waals surface area contributed by atoms with Crippen LogP contribution in [0.3, 0.4) is 0 Å². The summed E-state index contributed by atoms with van der Waals surface area (Å²) in [6.45, 7) is 0.389. The van der Waals surface area contributed by atoms with E-state index in [1.165, 1.54) is 23.2 Å². The van der Waals surface area contributed by atoms with Crippen LogP contribution in [0.4, 0.5) is 10.1 Å². The Morgan fingerprint density at radius 3 is 3.00 bits per heavy atom. The molecule has 0 unspecified atom stereocenters. The number of benzene rings is 1. The molecule has 1 saturated heterocycles. The average Bonchev–Trinajstić information content (AvgIpc) is 3.13. The number of halogens is 2. The zero-order valence-electron chi connectivity index (χ0n) is 11.1. The molecule has 2 heterocycles. The molecule has 2 amide bonds. The molecular formula is C13H10ClFN4O2S. The van der Waals surface area contributed by atoms with Crippen LogP contribution < -0.4 is 10.2 Å². The van der Waals surface area contributed by atoms with Gasteiger partial charge in [0.25, 0.3) is 5.91 Å². The summed E-state index contributed by atoms with van der Waals surface area (Å²) in [5.41, 5.74) is 0.591. The van der Waals surface area contributed by atoms with Gasteiger partial charge >= 0.3 is 0 Å². The Balaban J connectivity index is 1.72. The molecule has 2 aromatic rings. The molecule has 6 nitrogen and oxygen atoms in total. The molecule has 22 heavy (non-hydrogen) atoms. The van der Waals surface area contributed by atoms with E-state index in [1.807, 2.05) is 0 Å². The molecule has 0 bridgehead atoms. The Bertz CT molecular complexity index is 725. The molecule has 0 radical (unpaired) electrons. The van der Waals surface area contributed by atoms with Crippen molar-refractivity contribution in [2.45, 2.75) is 12.5 Å². The third-order valence-electron chi connectivity index (χ3n) is 3.32. The molecule has 9 heteroatoms. The lowest BCUT2D eigenvalue weighted by atomic mass is 10.2.